The molecule has 6 nitrogen and oxygen atoms in total. The van der Waals surface area contributed by atoms with Crippen molar-refractivity contribution in [2.24, 2.45) is 0 Å². The van der Waals surface area contributed by atoms with Gasteiger partial charge in [-0.3, -0.25) is 4.79 Å². The monoisotopic (exact) mass is 309 g/mol. The van der Waals surface area contributed by atoms with Crippen LogP contribution in [0.1, 0.15) is 21.5 Å². The SMILES string of the molecule is Cc1ccc(CN(C)C)cc1NC(=O)c1cccn2nncc12. The molecule has 1 aromatic carbocycles. The molecule has 0 fully saturated rings. The number of hydrogen-bond donors (Lipinski definition) is 1. The summed E-state index contributed by atoms with van der Waals surface area (Å²) in [4.78, 5) is 14.7. The second-order valence-electron chi connectivity index (χ2n) is 5.83. The summed E-state index contributed by atoms with van der Waals surface area (Å²) >= 11 is 0. The molecule has 2 heterocycles. The Morgan fingerprint density at radius 3 is 2.91 bits per heavy atom. The highest BCUT2D eigenvalue weighted by atomic mass is 16.1. The minimum Gasteiger partial charge on any atom is -0.322 e. The van der Waals surface area contributed by atoms with Gasteiger partial charge in [-0.25, -0.2) is 4.52 Å². The van der Waals surface area contributed by atoms with Crippen LogP contribution in [0.15, 0.2) is 42.7 Å². The third-order valence-corrected chi connectivity index (χ3v) is 3.63. The molecule has 2 aromatic heterocycles. The molecule has 0 aliphatic heterocycles. The van der Waals surface area contributed by atoms with Crippen molar-refractivity contribution in [3.63, 3.8) is 0 Å². The van der Waals surface area contributed by atoms with Crippen LogP contribution in [-0.4, -0.2) is 39.7 Å². The van der Waals surface area contributed by atoms with Gasteiger partial charge in [0.2, 0.25) is 0 Å². The first-order valence-electron chi connectivity index (χ1n) is 7.39. The van der Waals surface area contributed by atoms with Crippen molar-refractivity contribution in [3.05, 3.63) is 59.4 Å². The lowest BCUT2D eigenvalue weighted by atomic mass is 10.1. The summed E-state index contributed by atoms with van der Waals surface area (Å²) in [6, 6.07) is 9.67. The van der Waals surface area contributed by atoms with Crippen LogP contribution in [0.5, 0.6) is 0 Å². The van der Waals surface area contributed by atoms with Gasteiger partial charge >= 0.3 is 0 Å². The maximum absolute atomic E-state index is 12.6. The Morgan fingerprint density at radius 2 is 2.13 bits per heavy atom. The third kappa shape index (κ3) is 3.22. The quantitative estimate of drug-likeness (QED) is 0.803. The van der Waals surface area contributed by atoms with Crippen molar-refractivity contribution >= 4 is 17.1 Å². The fraction of sp³-hybridized carbons (Fsp3) is 0.235. The number of nitrogens with one attached hydrogen (secondary N) is 1. The van der Waals surface area contributed by atoms with E-state index in [0.29, 0.717) is 11.1 Å². The molecule has 0 aliphatic rings. The lowest BCUT2D eigenvalue weighted by molar-refractivity contribution is 0.102. The first-order chi connectivity index (χ1) is 11.0. The van der Waals surface area contributed by atoms with Gasteiger partial charge in [-0.15, -0.1) is 5.10 Å². The maximum Gasteiger partial charge on any atom is 0.257 e. The lowest BCUT2D eigenvalue weighted by Gasteiger charge is -2.14. The van der Waals surface area contributed by atoms with E-state index in [1.807, 2.05) is 33.2 Å². The number of amides is 1. The maximum atomic E-state index is 12.6. The van der Waals surface area contributed by atoms with Crippen LogP contribution in [-0.2, 0) is 6.54 Å². The first-order valence-corrected chi connectivity index (χ1v) is 7.39. The fourth-order valence-corrected chi connectivity index (χ4v) is 2.50. The Labute approximate surface area is 134 Å². The fourth-order valence-electron chi connectivity index (χ4n) is 2.50. The first kappa shape index (κ1) is 15.2. The summed E-state index contributed by atoms with van der Waals surface area (Å²) in [5.41, 5.74) is 4.24. The standard InChI is InChI=1S/C17H19N5O/c1-12-6-7-13(11-21(2)3)9-15(12)19-17(23)14-5-4-8-22-16(14)10-18-20-22/h4-10H,11H2,1-3H3,(H,19,23). The highest BCUT2D eigenvalue weighted by Crippen LogP contribution is 2.19. The van der Waals surface area contributed by atoms with Crippen LogP contribution in [0.25, 0.3) is 5.52 Å². The molecule has 0 spiro atoms. The minimum atomic E-state index is -0.164. The van der Waals surface area contributed by atoms with E-state index >= 15 is 0 Å². The number of fused-ring (bicyclic) bond motifs is 1. The smallest absolute Gasteiger partial charge is 0.257 e. The molecule has 0 aliphatic carbocycles. The molecule has 3 aromatic rings. The zero-order valence-electron chi connectivity index (χ0n) is 13.4. The normalized spacial score (nSPS) is 11.1. The molecule has 0 bridgehead atoms. The van der Waals surface area contributed by atoms with E-state index in [9.17, 15) is 4.79 Å². The lowest BCUT2D eigenvalue weighted by Crippen LogP contribution is -2.15. The Kier molecular flexibility index (Phi) is 4.08. The number of carbonyl (C=O) groups excluding carboxylic acids is 1. The Morgan fingerprint density at radius 1 is 1.30 bits per heavy atom. The molecule has 0 unspecified atom stereocenters. The summed E-state index contributed by atoms with van der Waals surface area (Å²) in [5.74, 6) is -0.164. The summed E-state index contributed by atoms with van der Waals surface area (Å²) in [5, 5.41) is 10.8. The molecule has 0 saturated heterocycles. The largest absolute Gasteiger partial charge is 0.322 e. The van der Waals surface area contributed by atoms with Gasteiger partial charge in [-0.2, -0.15) is 0 Å². The Hall–Kier alpha value is -2.73. The highest BCUT2D eigenvalue weighted by Gasteiger charge is 2.13. The van der Waals surface area contributed by atoms with Crippen molar-refractivity contribution < 1.29 is 4.79 Å². The average Bonchev–Trinajstić information content (AvgIpc) is 2.98. The van der Waals surface area contributed by atoms with Crippen molar-refractivity contribution in [1.29, 1.82) is 0 Å². The summed E-state index contributed by atoms with van der Waals surface area (Å²) in [6.45, 7) is 2.81. The average molecular weight is 309 g/mol. The molecule has 6 heteroatoms. The third-order valence-electron chi connectivity index (χ3n) is 3.63. The van der Waals surface area contributed by atoms with Gasteiger partial charge in [0.05, 0.1) is 17.3 Å². The number of pyridine rings is 1. The van der Waals surface area contributed by atoms with E-state index in [1.54, 1.807) is 29.0 Å². The zero-order chi connectivity index (χ0) is 16.4. The number of hydrogen-bond acceptors (Lipinski definition) is 4. The molecular formula is C17H19N5O. The van der Waals surface area contributed by atoms with Gasteiger partial charge in [-0.05, 0) is 50.3 Å². The van der Waals surface area contributed by atoms with Gasteiger partial charge in [-0.1, -0.05) is 17.3 Å². The van der Waals surface area contributed by atoms with Crippen molar-refractivity contribution in [2.75, 3.05) is 19.4 Å². The van der Waals surface area contributed by atoms with Crippen molar-refractivity contribution in [1.82, 2.24) is 19.7 Å². The van der Waals surface area contributed by atoms with E-state index in [-0.39, 0.29) is 5.91 Å². The van der Waals surface area contributed by atoms with Crippen LogP contribution in [0.4, 0.5) is 5.69 Å². The van der Waals surface area contributed by atoms with E-state index in [1.165, 1.54) is 0 Å². The molecule has 118 valence electrons. The molecular weight excluding hydrogens is 290 g/mol. The highest BCUT2D eigenvalue weighted by molar-refractivity contribution is 6.09. The number of anilines is 1. The molecule has 0 saturated carbocycles. The van der Waals surface area contributed by atoms with Gasteiger partial charge in [0.15, 0.2) is 0 Å². The van der Waals surface area contributed by atoms with E-state index in [0.717, 1.165) is 23.4 Å². The van der Waals surface area contributed by atoms with Crippen LogP contribution in [0.2, 0.25) is 0 Å². The molecule has 1 N–H and O–H groups in total. The van der Waals surface area contributed by atoms with Gasteiger partial charge < -0.3 is 10.2 Å². The van der Waals surface area contributed by atoms with Gasteiger partial charge in [0, 0.05) is 18.4 Å². The molecule has 0 atom stereocenters. The van der Waals surface area contributed by atoms with Crippen LogP contribution in [0, 0.1) is 6.92 Å². The summed E-state index contributed by atoms with van der Waals surface area (Å²) in [7, 11) is 4.04. The number of benzene rings is 1. The number of nitrogens with zero attached hydrogens (tertiary/aromatic N) is 4. The van der Waals surface area contributed by atoms with E-state index in [2.05, 4.69) is 26.6 Å². The van der Waals surface area contributed by atoms with Crippen molar-refractivity contribution in [2.45, 2.75) is 13.5 Å². The second kappa shape index (κ2) is 6.18. The molecule has 23 heavy (non-hydrogen) atoms. The molecule has 1 amide bonds. The van der Waals surface area contributed by atoms with Crippen molar-refractivity contribution in [3.8, 4) is 0 Å². The van der Waals surface area contributed by atoms with Crippen LogP contribution < -0.4 is 5.32 Å². The number of rotatable bonds is 4. The van der Waals surface area contributed by atoms with Gasteiger partial charge in [0.25, 0.3) is 5.91 Å². The van der Waals surface area contributed by atoms with Crippen LogP contribution in [0.3, 0.4) is 0 Å². The van der Waals surface area contributed by atoms with E-state index < -0.39 is 0 Å². The Balaban J connectivity index is 1.89. The number of aryl methyl sites for hydroxylation is 1. The zero-order valence-corrected chi connectivity index (χ0v) is 13.4. The molecule has 0 radical (unpaired) electrons. The topological polar surface area (TPSA) is 62.5 Å². The predicted octanol–water partition coefficient (Wildman–Crippen LogP) is 2.35. The number of carbonyl (C=O) groups is 1. The summed E-state index contributed by atoms with van der Waals surface area (Å²) < 4.78 is 1.59. The Bertz CT molecular complexity index is 853. The van der Waals surface area contributed by atoms with E-state index in [4.69, 9.17) is 0 Å². The summed E-state index contributed by atoms with van der Waals surface area (Å²) in [6.07, 6.45) is 3.35. The minimum absolute atomic E-state index is 0.164. The van der Waals surface area contributed by atoms with Crippen LogP contribution >= 0.6 is 0 Å². The number of aromatic nitrogens is 3. The molecule has 3 rings (SSSR count). The second-order valence-corrected chi connectivity index (χ2v) is 5.83. The predicted molar refractivity (Wildman–Crippen MR) is 89.5 cm³/mol. The van der Waals surface area contributed by atoms with Gasteiger partial charge in [0.1, 0.15) is 0 Å².